The number of fused-ring (bicyclic) bond motifs is 1. The largest absolute Gasteiger partial charge is 0.480 e. The van der Waals surface area contributed by atoms with Crippen molar-refractivity contribution in [3.8, 4) is 5.75 Å². The van der Waals surface area contributed by atoms with Crippen LogP contribution >= 0.6 is 0 Å². The van der Waals surface area contributed by atoms with Crippen LogP contribution in [0.3, 0.4) is 0 Å². The third-order valence-electron chi connectivity index (χ3n) is 3.11. The molecule has 0 saturated heterocycles. The molecule has 2 rings (SSSR count). The Bertz CT molecular complexity index is 572. The Morgan fingerprint density at radius 3 is 2.53 bits per heavy atom. The van der Waals surface area contributed by atoms with Crippen molar-refractivity contribution in [2.75, 3.05) is 14.1 Å². The predicted molar refractivity (Wildman–Crippen MR) is 77.3 cm³/mol. The van der Waals surface area contributed by atoms with Crippen molar-refractivity contribution >= 4 is 16.7 Å². The van der Waals surface area contributed by atoms with Crippen LogP contribution in [-0.2, 0) is 4.79 Å². The molecular weight excluding hydrogens is 238 g/mol. The Labute approximate surface area is 113 Å². The highest BCUT2D eigenvalue weighted by Crippen LogP contribution is 2.26. The van der Waals surface area contributed by atoms with E-state index in [2.05, 4.69) is 0 Å². The average Bonchev–Trinajstić information content (AvgIpc) is 2.44. The lowest BCUT2D eigenvalue weighted by Crippen LogP contribution is -2.37. The van der Waals surface area contributed by atoms with Gasteiger partial charge in [-0.05, 0) is 17.9 Å². The maximum absolute atomic E-state index is 12.0. The molecule has 3 heteroatoms. The van der Waals surface area contributed by atoms with Crippen LogP contribution in [0.25, 0.3) is 10.8 Å². The minimum atomic E-state index is -0.430. The van der Waals surface area contributed by atoms with E-state index in [4.69, 9.17) is 4.74 Å². The third-order valence-corrected chi connectivity index (χ3v) is 3.11. The molecule has 2 aromatic carbocycles. The van der Waals surface area contributed by atoms with Crippen LogP contribution in [0.15, 0.2) is 42.5 Å². The normalized spacial score (nSPS) is 12.2. The molecule has 19 heavy (non-hydrogen) atoms. The van der Waals surface area contributed by atoms with Gasteiger partial charge in [-0.15, -0.1) is 0 Å². The second-order valence-corrected chi connectivity index (χ2v) is 4.72. The molecule has 0 saturated carbocycles. The summed E-state index contributed by atoms with van der Waals surface area (Å²) >= 11 is 0. The van der Waals surface area contributed by atoms with Gasteiger partial charge in [-0.1, -0.05) is 43.3 Å². The molecule has 1 atom stereocenters. The Balaban J connectivity index is 2.32. The number of amides is 1. The van der Waals surface area contributed by atoms with Gasteiger partial charge in [-0.3, -0.25) is 4.79 Å². The summed E-state index contributed by atoms with van der Waals surface area (Å²) < 4.78 is 5.91. The number of carbonyl (C=O) groups excluding carboxylic acids is 1. The first-order chi connectivity index (χ1) is 9.13. The van der Waals surface area contributed by atoms with Crippen LogP contribution in [0, 0.1) is 0 Å². The second-order valence-electron chi connectivity index (χ2n) is 4.72. The van der Waals surface area contributed by atoms with E-state index in [1.165, 1.54) is 0 Å². The van der Waals surface area contributed by atoms with Gasteiger partial charge in [0.2, 0.25) is 0 Å². The van der Waals surface area contributed by atoms with Gasteiger partial charge in [0.1, 0.15) is 5.75 Å². The van der Waals surface area contributed by atoms with E-state index < -0.39 is 6.10 Å². The van der Waals surface area contributed by atoms with Gasteiger partial charge in [-0.25, -0.2) is 0 Å². The number of nitrogens with zero attached hydrogens (tertiary/aromatic N) is 1. The first-order valence-electron chi connectivity index (χ1n) is 6.49. The molecule has 0 aliphatic carbocycles. The molecule has 0 aromatic heterocycles. The van der Waals surface area contributed by atoms with Gasteiger partial charge in [-0.2, -0.15) is 0 Å². The summed E-state index contributed by atoms with van der Waals surface area (Å²) in [6.45, 7) is 1.96. The summed E-state index contributed by atoms with van der Waals surface area (Å²) in [6.07, 6.45) is 0.223. The molecule has 0 N–H and O–H groups in total. The van der Waals surface area contributed by atoms with E-state index in [0.29, 0.717) is 6.42 Å². The monoisotopic (exact) mass is 257 g/mol. The number of ether oxygens (including phenoxy) is 1. The molecule has 1 unspecified atom stereocenters. The number of rotatable bonds is 4. The van der Waals surface area contributed by atoms with Crippen LogP contribution in [0.4, 0.5) is 0 Å². The summed E-state index contributed by atoms with van der Waals surface area (Å²) in [4.78, 5) is 13.6. The van der Waals surface area contributed by atoms with Crippen molar-refractivity contribution in [1.29, 1.82) is 0 Å². The molecule has 0 heterocycles. The molecule has 2 aromatic rings. The lowest BCUT2D eigenvalue weighted by atomic mass is 10.1. The number of carbonyl (C=O) groups is 1. The number of benzene rings is 2. The Morgan fingerprint density at radius 1 is 1.16 bits per heavy atom. The summed E-state index contributed by atoms with van der Waals surface area (Å²) in [5.41, 5.74) is 0. The van der Waals surface area contributed by atoms with Crippen molar-refractivity contribution in [2.45, 2.75) is 19.4 Å². The fourth-order valence-corrected chi connectivity index (χ4v) is 2.05. The Morgan fingerprint density at radius 2 is 1.84 bits per heavy atom. The molecule has 0 aliphatic heterocycles. The smallest absolute Gasteiger partial charge is 0.263 e. The second kappa shape index (κ2) is 5.74. The lowest BCUT2D eigenvalue weighted by Gasteiger charge is -2.21. The zero-order chi connectivity index (χ0) is 13.8. The van der Waals surface area contributed by atoms with Gasteiger partial charge < -0.3 is 9.64 Å². The number of likely N-dealkylation sites (N-methyl/N-ethyl adjacent to an activating group) is 1. The fraction of sp³-hybridized carbons (Fsp3) is 0.312. The zero-order valence-electron chi connectivity index (χ0n) is 11.6. The fourth-order valence-electron chi connectivity index (χ4n) is 2.05. The van der Waals surface area contributed by atoms with Crippen LogP contribution in [-0.4, -0.2) is 31.0 Å². The molecule has 100 valence electrons. The van der Waals surface area contributed by atoms with Crippen LogP contribution in [0.2, 0.25) is 0 Å². The number of hydrogen-bond donors (Lipinski definition) is 0. The van der Waals surface area contributed by atoms with Crippen molar-refractivity contribution < 1.29 is 9.53 Å². The van der Waals surface area contributed by atoms with Crippen molar-refractivity contribution in [3.05, 3.63) is 42.5 Å². The van der Waals surface area contributed by atoms with E-state index in [1.54, 1.807) is 19.0 Å². The highest BCUT2D eigenvalue weighted by molar-refractivity contribution is 5.89. The van der Waals surface area contributed by atoms with E-state index in [9.17, 15) is 4.79 Å². The third kappa shape index (κ3) is 2.87. The molecule has 1 amide bonds. The quantitative estimate of drug-likeness (QED) is 0.842. The predicted octanol–water partition coefficient (Wildman–Crippen LogP) is 3.09. The summed E-state index contributed by atoms with van der Waals surface area (Å²) in [6, 6.07) is 13.9. The topological polar surface area (TPSA) is 29.5 Å². The summed E-state index contributed by atoms with van der Waals surface area (Å²) in [5.74, 6) is 0.760. The minimum absolute atomic E-state index is 0.00423. The van der Waals surface area contributed by atoms with E-state index >= 15 is 0 Å². The van der Waals surface area contributed by atoms with Crippen molar-refractivity contribution in [3.63, 3.8) is 0 Å². The maximum Gasteiger partial charge on any atom is 0.263 e. The summed E-state index contributed by atoms with van der Waals surface area (Å²) in [7, 11) is 3.49. The first-order valence-corrected chi connectivity index (χ1v) is 6.49. The molecule has 0 aliphatic rings. The van der Waals surface area contributed by atoms with Crippen LogP contribution in [0.5, 0.6) is 5.75 Å². The van der Waals surface area contributed by atoms with E-state index in [1.807, 2.05) is 49.4 Å². The summed E-state index contributed by atoms with van der Waals surface area (Å²) in [5, 5.41) is 2.15. The highest BCUT2D eigenvalue weighted by atomic mass is 16.5. The van der Waals surface area contributed by atoms with Gasteiger partial charge in [0.05, 0.1) is 0 Å². The molecule has 0 spiro atoms. The molecule has 0 fully saturated rings. The molecular formula is C16H19NO2. The maximum atomic E-state index is 12.0. The number of hydrogen-bond acceptors (Lipinski definition) is 2. The minimum Gasteiger partial charge on any atom is -0.480 e. The van der Waals surface area contributed by atoms with Crippen LogP contribution < -0.4 is 4.74 Å². The average molecular weight is 257 g/mol. The van der Waals surface area contributed by atoms with Gasteiger partial charge in [0.15, 0.2) is 6.10 Å². The highest BCUT2D eigenvalue weighted by Gasteiger charge is 2.20. The standard InChI is InChI=1S/C16H19NO2/c1-4-14(16(18)17(2)3)19-15-11-7-9-12-8-5-6-10-13(12)15/h5-11,14H,4H2,1-3H3. The van der Waals surface area contributed by atoms with Gasteiger partial charge >= 0.3 is 0 Å². The Hall–Kier alpha value is -2.03. The van der Waals surface area contributed by atoms with E-state index in [0.717, 1.165) is 16.5 Å². The van der Waals surface area contributed by atoms with Gasteiger partial charge in [0.25, 0.3) is 5.91 Å². The zero-order valence-corrected chi connectivity index (χ0v) is 11.6. The SMILES string of the molecule is CCC(Oc1cccc2ccccc12)C(=O)N(C)C. The molecule has 0 bridgehead atoms. The lowest BCUT2D eigenvalue weighted by molar-refractivity contribution is -0.136. The molecule has 3 nitrogen and oxygen atoms in total. The van der Waals surface area contributed by atoms with E-state index in [-0.39, 0.29) is 5.91 Å². The van der Waals surface area contributed by atoms with Crippen molar-refractivity contribution in [1.82, 2.24) is 4.90 Å². The van der Waals surface area contributed by atoms with Crippen LogP contribution in [0.1, 0.15) is 13.3 Å². The molecule has 0 radical (unpaired) electrons. The Kier molecular flexibility index (Phi) is 4.05. The first kappa shape index (κ1) is 13.4. The van der Waals surface area contributed by atoms with Gasteiger partial charge in [0, 0.05) is 19.5 Å². The van der Waals surface area contributed by atoms with Crippen molar-refractivity contribution in [2.24, 2.45) is 0 Å².